The summed E-state index contributed by atoms with van der Waals surface area (Å²) in [4.78, 5) is 13.8. The van der Waals surface area contributed by atoms with Crippen LogP contribution in [0.3, 0.4) is 0 Å². The van der Waals surface area contributed by atoms with Crippen molar-refractivity contribution in [2.75, 3.05) is 0 Å². The molecule has 0 spiro atoms. The average molecular weight is 375 g/mol. The van der Waals surface area contributed by atoms with Gasteiger partial charge in [0.2, 0.25) is 0 Å². The van der Waals surface area contributed by atoms with Crippen LogP contribution in [-0.2, 0) is 6.42 Å². The van der Waals surface area contributed by atoms with Crippen LogP contribution >= 0.6 is 23.2 Å². The predicted octanol–water partition coefficient (Wildman–Crippen LogP) is 5.94. The van der Waals surface area contributed by atoms with Gasteiger partial charge in [0.25, 0.3) is 0 Å². The molecule has 3 rings (SSSR count). The highest BCUT2D eigenvalue weighted by atomic mass is 35.5. The molecule has 0 amide bonds. The summed E-state index contributed by atoms with van der Waals surface area (Å²) in [6.45, 7) is 8.23. The first-order valence-electron chi connectivity index (χ1n) is 8.35. The number of aromatic nitrogens is 4. The van der Waals surface area contributed by atoms with E-state index in [4.69, 9.17) is 28.2 Å². The van der Waals surface area contributed by atoms with Crippen LogP contribution in [0.15, 0.2) is 24.5 Å². The molecule has 0 bridgehead atoms. The molecule has 6 heteroatoms. The summed E-state index contributed by atoms with van der Waals surface area (Å²) < 4.78 is 2.12. The van der Waals surface area contributed by atoms with Crippen LogP contribution in [0.5, 0.6) is 0 Å². The summed E-state index contributed by atoms with van der Waals surface area (Å²) in [7, 11) is 0. The van der Waals surface area contributed by atoms with E-state index in [2.05, 4.69) is 34.5 Å². The van der Waals surface area contributed by atoms with Crippen LogP contribution in [-0.4, -0.2) is 19.5 Å². The lowest BCUT2D eigenvalue weighted by Crippen LogP contribution is -2.02. The minimum atomic E-state index is 0.569. The average Bonchev–Trinajstić information content (AvgIpc) is 2.95. The standard InChI is InChI=1S/C19H20Cl2N4/c1-5-13(6-2)25-15(7-3)24-18-17(22-10-23-19(18)25)16-11(4)8-12(20)9-14(16)21/h5,8-10H,6-7H2,1-4H3/b13-5-. The maximum Gasteiger partial charge on any atom is 0.168 e. The molecule has 0 atom stereocenters. The monoisotopic (exact) mass is 374 g/mol. The first-order chi connectivity index (χ1) is 12.0. The van der Waals surface area contributed by atoms with Crippen molar-refractivity contribution in [1.29, 1.82) is 0 Å². The number of hydrogen-bond acceptors (Lipinski definition) is 3. The molecule has 0 saturated carbocycles. The van der Waals surface area contributed by atoms with E-state index in [1.165, 1.54) is 5.70 Å². The highest BCUT2D eigenvalue weighted by Crippen LogP contribution is 2.36. The van der Waals surface area contributed by atoms with Gasteiger partial charge in [-0.3, -0.25) is 4.57 Å². The van der Waals surface area contributed by atoms with Crippen molar-refractivity contribution < 1.29 is 0 Å². The molecule has 0 radical (unpaired) electrons. The fourth-order valence-corrected chi connectivity index (χ4v) is 3.84. The van der Waals surface area contributed by atoms with Crippen molar-refractivity contribution in [3.8, 4) is 11.3 Å². The number of nitrogens with zero attached hydrogens (tertiary/aromatic N) is 4. The lowest BCUT2D eigenvalue weighted by Gasteiger charge is -2.11. The van der Waals surface area contributed by atoms with Crippen molar-refractivity contribution in [2.45, 2.75) is 40.5 Å². The number of hydrogen-bond donors (Lipinski definition) is 0. The lowest BCUT2D eigenvalue weighted by atomic mass is 10.0. The van der Waals surface area contributed by atoms with Gasteiger partial charge in [-0.15, -0.1) is 0 Å². The molecule has 2 aromatic heterocycles. The van der Waals surface area contributed by atoms with E-state index in [1.807, 2.05) is 19.9 Å². The zero-order valence-electron chi connectivity index (χ0n) is 14.8. The van der Waals surface area contributed by atoms with Crippen LogP contribution in [0.1, 0.15) is 38.6 Å². The van der Waals surface area contributed by atoms with Crippen LogP contribution in [0, 0.1) is 6.92 Å². The molecular weight excluding hydrogens is 355 g/mol. The van der Waals surface area contributed by atoms with Crippen LogP contribution in [0.25, 0.3) is 28.1 Å². The van der Waals surface area contributed by atoms with Gasteiger partial charge in [-0.2, -0.15) is 0 Å². The number of rotatable bonds is 4. The Kier molecular flexibility index (Phi) is 5.11. The Labute approximate surface area is 157 Å². The normalized spacial score (nSPS) is 12.2. The second kappa shape index (κ2) is 7.14. The van der Waals surface area contributed by atoms with Gasteiger partial charge in [0.05, 0.1) is 5.02 Å². The van der Waals surface area contributed by atoms with Gasteiger partial charge in [0.15, 0.2) is 5.65 Å². The largest absolute Gasteiger partial charge is 0.285 e. The number of benzene rings is 1. The van der Waals surface area contributed by atoms with Crippen LogP contribution in [0.4, 0.5) is 0 Å². The Morgan fingerprint density at radius 2 is 1.96 bits per heavy atom. The van der Waals surface area contributed by atoms with Crippen molar-refractivity contribution in [3.05, 3.63) is 46.0 Å². The zero-order chi connectivity index (χ0) is 18.1. The number of aryl methyl sites for hydroxylation is 2. The molecule has 0 saturated heterocycles. The first-order valence-corrected chi connectivity index (χ1v) is 9.11. The molecule has 4 nitrogen and oxygen atoms in total. The van der Waals surface area contributed by atoms with E-state index in [0.29, 0.717) is 10.0 Å². The molecule has 1 aromatic carbocycles. The van der Waals surface area contributed by atoms with Crippen molar-refractivity contribution in [1.82, 2.24) is 19.5 Å². The molecule has 0 fully saturated rings. The number of imidazole rings is 1. The SMILES string of the molecule is C/C=C(/CC)n1c(CC)nc2c(-c3c(C)cc(Cl)cc3Cl)ncnc21. The van der Waals surface area contributed by atoms with Gasteiger partial charge in [0, 0.05) is 22.7 Å². The van der Waals surface area contributed by atoms with E-state index < -0.39 is 0 Å². The van der Waals surface area contributed by atoms with Gasteiger partial charge in [-0.25, -0.2) is 15.0 Å². The van der Waals surface area contributed by atoms with E-state index in [-0.39, 0.29) is 0 Å². The Bertz CT molecular complexity index is 950. The summed E-state index contributed by atoms with van der Waals surface area (Å²) in [5, 5.41) is 1.18. The molecule has 3 aromatic rings. The van der Waals surface area contributed by atoms with Crippen LogP contribution in [0.2, 0.25) is 10.0 Å². The Balaban J connectivity index is 2.37. The van der Waals surface area contributed by atoms with E-state index >= 15 is 0 Å². The topological polar surface area (TPSA) is 43.6 Å². The number of halogens is 2. The summed E-state index contributed by atoms with van der Waals surface area (Å²) in [6, 6.07) is 3.62. The molecule has 25 heavy (non-hydrogen) atoms. The summed E-state index contributed by atoms with van der Waals surface area (Å²) >= 11 is 12.6. The molecule has 0 aliphatic carbocycles. The number of fused-ring (bicyclic) bond motifs is 1. The molecule has 130 valence electrons. The Hall–Kier alpha value is -1.91. The van der Waals surface area contributed by atoms with Crippen LogP contribution < -0.4 is 0 Å². The summed E-state index contributed by atoms with van der Waals surface area (Å²) in [5.41, 5.74) is 5.30. The molecular formula is C19H20Cl2N4. The Morgan fingerprint density at radius 3 is 2.56 bits per heavy atom. The van der Waals surface area contributed by atoms with Gasteiger partial charge in [0.1, 0.15) is 23.4 Å². The minimum Gasteiger partial charge on any atom is -0.285 e. The molecule has 2 heterocycles. The maximum absolute atomic E-state index is 6.48. The lowest BCUT2D eigenvalue weighted by molar-refractivity contribution is 0.887. The van der Waals surface area contributed by atoms with Gasteiger partial charge >= 0.3 is 0 Å². The summed E-state index contributed by atoms with van der Waals surface area (Å²) in [6.07, 6.45) is 5.38. The van der Waals surface area contributed by atoms with Crippen molar-refractivity contribution in [3.63, 3.8) is 0 Å². The smallest absolute Gasteiger partial charge is 0.168 e. The zero-order valence-corrected chi connectivity index (χ0v) is 16.3. The van der Waals surface area contributed by atoms with E-state index in [9.17, 15) is 0 Å². The quantitative estimate of drug-likeness (QED) is 0.567. The first kappa shape index (κ1) is 17.9. The van der Waals surface area contributed by atoms with Gasteiger partial charge < -0.3 is 0 Å². The molecule has 0 aliphatic rings. The fraction of sp³-hybridized carbons (Fsp3) is 0.316. The minimum absolute atomic E-state index is 0.569. The van der Waals surface area contributed by atoms with Crippen molar-refractivity contribution in [2.24, 2.45) is 0 Å². The fourth-order valence-electron chi connectivity index (χ4n) is 3.15. The number of allylic oxidation sites excluding steroid dienone is 2. The molecule has 0 N–H and O–H groups in total. The second-order valence-electron chi connectivity index (χ2n) is 5.82. The highest BCUT2D eigenvalue weighted by Gasteiger charge is 2.20. The van der Waals surface area contributed by atoms with E-state index in [1.54, 1.807) is 12.4 Å². The van der Waals surface area contributed by atoms with Gasteiger partial charge in [-0.1, -0.05) is 43.1 Å². The highest BCUT2D eigenvalue weighted by molar-refractivity contribution is 6.36. The van der Waals surface area contributed by atoms with Gasteiger partial charge in [-0.05, 0) is 38.0 Å². The third-order valence-electron chi connectivity index (χ3n) is 4.30. The Morgan fingerprint density at radius 1 is 1.20 bits per heavy atom. The third-order valence-corrected chi connectivity index (χ3v) is 4.82. The molecule has 0 unspecified atom stereocenters. The third kappa shape index (κ3) is 3.05. The molecule has 0 aliphatic heterocycles. The maximum atomic E-state index is 6.48. The van der Waals surface area contributed by atoms with E-state index in [0.717, 1.165) is 46.7 Å². The predicted molar refractivity (Wildman–Crippen MR) is 105 cm³/mol. The van der Waals surface area contributed by atoms with Crippen molar-refractivity contribution >= 4 is 40.1 Å². The second-order valence-corrected chi connectivity index (χ2v) is 6.67. The summed E-state index contributed by atoms with van der Waals surface area (Å²) in [5.74, 6) is 0.967.